The molecular weight excluding hydrogens is 255 g/mol. The molecule has 2 heterocycles. The first-order valence-electron chi connectivity index (χ1n) is 5.59. The molecule has 92 valence electrons. The van der Waals surface area contributed by atoms with Crippen LogP contribution in [0.2, 0.25) is 0 Å². The van der Waals surface area contributed by atoms with Gasteiger partial charge in [-0.2, -0.15) is 0 Å². The molecule has 1 N–H and O–H groups in total. The number of aryl methyl sites for hydroxylation is 1. The van der Waals surface area contributed by atoms with E-state index in [0.717, 1.165) is 11.8 Å². The van der Waals surface area contributed by atoms with Crippen LogP contribution in [-0.4, -0.2) is 50.2 Å². The molecule has 7 heteroatoms. The number of fused-ring (bicyclic) bond motifs is 1. The normalized spacial score (nSPS) is 10.4. The summed E-state index contributed by atoms with van der Waals surface area (Å²) in [5.41, 5.74) is 1.62. The monoisotopic (exact) mass is 266 g/mol. The Labute approximate surface area is 130 Å². The van der Waals surface area contributed by atoms with Crippen LogP contribution in [-0.2, 0) is 6.42 Å². The number of hydrogen-bond donors (Lipinski definition) is 1. The van der Waals surface area contributed by atoms with Crippen LogP contribution in [0.15, 0.2) is 33.5 Å². The molecule has 0 spiro atoms. The molecule has 0 aliphatic rings. The van der Waals surface area contributed by atoms with Gasteiger partial charge in [-0.15, -0.1) is 5.10 Å². The van der Waals surface area contributed by atoms with Crippen molar-refractivity contribution in [3.05, 3.63) is 40.2 Å². The second kappa shape index (κ2) is 5.64. The number of tetrazole rings is 1. The van der Waals surface area contributed by atoms with E-state index in [1.54, 1.807) is 12.1 Å². The van der Waals surface area contributed by atoms with Crippen LogP contribution in [0, 0.1) is 0 Å². The van der Waals surface area contributed by atoms with Gasteiger partial charge >= 0.3 is 35.2 Å². The SMILES string of the molecule is CCc1ccc2oc(=O)c(-c3nnn[nH]3)cc2c1.[NaH]. The van der Waals surface area contributed by atoms with Crippen molar-refractivity contribution in [1.29, 1.82) is 0 Å². The summed E-state index contributed by atoms with van der Waals surface area (Å²) < 4.78 is 5.24. The predicted octanol–water partition coefficient (Wildman–Crippen LogP) is 0.887. The van der Waals surface area contributed by atoms with Gasteiger partial charge in [0.15, 0.2) is 5.82 Å². The van der Waals surface area contributed by atoms with Crippen molar-refractivity contribution >= 4 is 40.5 Å². The Bertz CT molecular complexity index is 752. The van der Waals surface area contributed by atoms with E-state index in [4.69, 9.17) is 4.42 Å². The number of H-pyrrole nitrogens is 1. The molecule has 0 aliphatic carbocycles. The first-order valence-corrected chi connectivity index (χ1v) is 5.59. The van der Waals surface area contributed by atoms with Gasteiger partial charge in [0.2, 0.25) is 0 Å². The molecule has 0 atom stereocenters. The zero-order valence-corrected chi connectivity index (χ0v) is 9.67. The van der Waals surface area contributed by atoms with Crippen LogP contribution in [0.3, 0.4) is 0 Å². The number of nitrogens with zero attached hydrogens (tertiary/aromatic N) is 3. The summed E-state index contributed by atoms with van der Waals surface area (Å²) in [6.45, 7) is 2.07. The van der Waals surface area contributed by atoms with Crippen molar-refractivity contribution in [2.24, 2.45) is 0 Å². The summed E-state index contributed by atoms with van der Waals surface area (Å²) in [4.78, 5) is 11.8. The Morgan fingerprint density at radius 3 is 2.84 bits per heavy atom. The molecule has 0 saturated carbocycles. The fraction of sp³-hybridized carbons (Fsp3) is 0.167. The van der Waals surface area contributed by atoms with E-state index < -0.39 is 5.63 Å². The zero-order valence-electron chi connectivity index (χ0n) is 9.67. The molecule has 0 amide bonds. The molecule has 0 bridgehead atoms. The summed E-state index contributed by atoms with van der Waals surface area (Å²) in [5.74, 6) is 0.313. The van der Waals surface area contributed by atoms with Crippen LogP contribution in [0.25, 0.3) is 22.4 Å². The number of aromatic nitrogens is 4. The van der Waals surface area contributed by atoms with Crippen molar-refractivity contribution in [3.63, 3.8) is 0 Å². The minimum atomic E-state index is -0.453. The summed E-state index contributed by atoms with van der Waals surface area (Å²) in [6.07, 6.45) is 0.925. The molecule has 19 heavy (non-hydrogen) atoms. The third-order valence-corrected chi connectivity index (χ3v) is 2.81. The van der Waals surface area contributed by atoms with E-state index in [1.165, 1.54) is 5.56 Å². The molecule has 6 nitrogen and oxygen atoms in total. The summed E-state index contributed by atoms with van der Waals surface area (Å²) in [5, 5.41) is 14.0. The summed E-state index contributed by atoms with van der Waals surface area (Å²) in [6, 6.07) is 7.48. The molecule has 2 aromatic heterocycles. The number of nitrogens with one attached hydrogen (secondary N) is 1. The van der Waals surface area contributed by atoms with Crippen LogP contribution < -0.4 is 5.63 Å². The maximum atomic E-state index is 11.8. The average molecular weight is 266 g/mol. The number of hydrogen-bond acceptors (Lipinski definition) is 5. The minimum absolute atomic E-state index is 0. The van der Waals surface area contributed by atoms with Gasteiger partial charge < -0.3 is 4.42 Å². The van der Waals surface area contributed by atoms with Gasteiger partial charge in [0.05, 0.1) is 0 Å². The number of benzene rings is 1. The quantitative estimate of drug-likeness (QED) is 0.550. The van der Waals surface area contributed by atoms with E-state index in [1.807, 2.05) is 12.1 Å². The van der Waals surface area contributed by atoms with Gasteiger partial charge in [-0.3, -0.25) is 0 Å². The van der Waals surface area contributed by atoms with E-state index in [9.17, 15) is 4.79 Å². The molecule has 3 rings (SSSR count). The standard InChI is InChI=1S/C12H10N4O2.Na.H/c1-2-7-3-4-10-8(5-7)6-9(12(17)18-10)11-13-15-16-14-11;;/h3-6H,2H2,1H3,(H,13,14,15,16);;. The van der Waals surface area contributed by atoms with Gasteiger partial charge in [0, 0.05) is 5.39 Å². The third-order valence-electron chi connectivity index (χ3n) is 2.81. The Morgan fingerprint density at radius 2 is 2.16 bits per heavy atom. The van der Waals surface area contributed by atoms with Crippen LogP contribution in [0.4, 0.5) is 0 Å². The van der Waals surface area contributed by atoms with Crippen LogP contribution >= 0.6 is 0 Å². The molecule has 0 aliphatic heterocycles. The fourth-order valence-electron chi connectivity index (χ4n) is 1.83. The van der Waals surface area contributed by atoms with Gasteiger partial charge in [0.25, 0.3) is 0 Å². The van der Waals surface area contributed by atoms with Crippen LogP contribution in [0.1, 0.15) is 12.5 Å². The van der Waals surface area contributed by atoms with Gasteiger partial charge in [-0.25, -0.2) is 9.89 Å². The van der Waals surface area contributed by atoms with Crippen molar-refractivity contribution in [2.45, 2.75) is 13.3 Å². The van der Waals surface area contributed by atoms with Crippen molar-refractivity contribution in [3.8, 4) is 11.4 Å². The van der Waals surface area contributed by atoms with E-state index in [2.05, 4.69) is 27.5 Å². The van der Waals surface area contributed by atoms with E-state index in [0.29, 0.717) is 17.0 Å². The average Bonchev–Trinajstić information content (AvgIpc) is 2.91. The predicted molar refractivity (Wildman–Crippen MR) is 72.2 cm³/mol. The van der Waals surface area contributed by atoms with E-state index >= 15 is 0 Å². The van der Waals surface area contributed by atoms with Gasteiger partial charge in [0.1, 0.15) is 11.1 Å². The molecule has 0 unspecified atom stereocenters. The molecule has 0 radical (unpaired) electrons. The van der Waals surface area contributed by atoms with E-state index in [-0.39, 0.29) is 29.6 Å². The second-order valence-corrected chi connectivity index (χ2v) is 3.92. The number of rotatable bonds is 2. The Balaban J connectivity index is 0.00000133. The molecule has 0 saturated heterocycles. The second-order valence-electron chi connectivity index (χ2n) is 3.92. The molecular formula is C12H11N4NaO2. The molecule has 1 aromatic carbocycles. The Kier molecular flexibility index (Phi) is 4.14. The number of aromatic amines is 1. The Morgan fingerprint density at radius 1 is 1.32 bits per heavy atom. The van der Waals surface area contributed by atoms with Crippen molar-refractivity contribution < 1.29 is 4.42 Å². The van der Waals surface area contributed by atoms with Gasteiger partial charge in [-0.1, -0.05) is 13.0 Å². The molecule has 0 fully saturated rings. The third kappa shape index (κ3) is 2.60. The Hall–Kier alpha value is -1.50. The first-order chi connectivity index (χ1) is 8.78. The molecule has 3 aromatic rings. The zero-order chi connectivity index (χ0) is 12.5. The first kappa shape index (κ1) is 13.9. The van der Waals surface area contributed by atoms with Crippen LogP contribution in [0.5, 0.6) is 0 Å². The fourth-order valence-corrected chi connectivity index (χ4v) is 1.83. The summed E-state index contributed by atoms with van der Waals surface area (Å²) in [7, 11) is 0. The maximum absolute atomic E-state index is 11.8. The van der Waals surface area contributed by atoms with Crippen molar-refractivity contribution in [1.82, 2.24) is 20.6 Å². The topological polar surface area (TPSA) is 84.7 Å². The van der Waals surface area contributed by atoms with Crippen molar-refractivity contribution in [2.75, 3.05) is 0 Å². The van der Waals surface area contributed by atoms with Gasteiger partial charge in [-0.05, 0) is 40.6 Å². The summed E-state index contributed by atoms with van der Waals surface area (Å²) >= 11 is 0.